The van der Waals surface area contributed by atoms with E-state index < -0.39 is 4.92 Å². The molecule has 1 unspecified atom stereocenters. The Morgan fingerprint density at radius 3 is 3.05 bits per heavy atom. The van der Waals surface area contributed by atoms with E-state index in [0.717, 1.165) is 13.1 Å². The van der Waals surface area contributed by atoms with Crippen LogP contribution in [-0.2, 0) is 11.2 Å². The lowest BCUT2D eigenvalue weighted by atomic mass is 10.1. The SMILES string of the molecule is O=[N+]([O-])c1ccccc1-c1noc(CC2CNCCO2)n1. The number of rotatable bonds is 4. The Hall–Kier alpha value is -2.32. The van der Waals surface area contributed by atoms with Crippen LogP contribution in [0.25, 0.3) is 11.4 Å². The minimum atomic E-state index is -0.459. The van der Waals surface area contributed by atoms with Crippen LogP contribution in [-0.4, -0.2) is 40.9 Å². The summed E-state index contributed by atoms with van der Waals surface area (Å²) in [5, 5.41) is 18.1. The molecule has 1 atom stereocenters. The van der Waals surface area contributed by atoms with Crippen molar-refractivity contribution in [2.24, 2.45) is 0 Å². The summed E-state index contributed by atoms with van der Waals surface area (Å²) in [5.41, 5.74) is 0.306. The number of nitrogens with zero attached hydrogens (tertiary/aromatic N) is 3. The predicted molar refractivity (Wildman–Crippen MR) is 72.7 cm³/mol. The Bertz CT molecular complexity index is 637. The van der Waals surface area contributed by atoms with Crippen molar-refractivity contribution >= 4 is 5.69 Å². The molecule has 1 aliphatic heterocycles. The van der Waals surface area contributed by atoms with Crippen molar-refractivity contribution in [1.29, 1.82) is 0 Å². The number of benzene rings is 1. The summed E-state index contributed by atoms with van der Waals surface area (Å²) in [6, 6.07) is 6.32. The fraction of sp³-hybridized carbons (Fsp3) is 0.385. The standard InChI is InChI=1S/C13H14N4O4/c18-17(19)11-4-2-1-3-10(11)13-15-12(21-16-13)7-9-8-14-5-6-20-9/h1-4,9,14H,5-8H2. The van der Waals surface area contributed by atoms with Crippen LogP contribution in [0.3, 0.4) is 0 Å². The molecule has 1 saturated heterocycles. The molecule has 8 nitrogen and oxygen atoms in total. The molecule has 0 amide bonds. The number of para-hydroxylation sites is 1. The zero-order valence-electron chi connectivity index (χ0n) is 11.2. The third-order valence-corrected chi connectivity index (χ3v) is 3.22. The van der Waals surface area contributed by atoms with Gasteiger partial charge in [-0.2, -0.15) is 4.98 Å². The Morgan fingerprint density at radius 1 is 1.43 bits per heavy atom. The molecule has 0 saturated carbocycles. The minimum Gasteiger partial charge on any atom is -0.375 e. The Balaban J connectivity index is 1.80. The van der Waals surface area contributed by atoms with Crippen molar-refractivity contribution in [2.45, 2.75) is 12.5 Å². The first-order chi connectivity index (χ1) is 10.2. The molecule has 110 valence electrons. The van der Waals surface area contributed by atoms with Gasteiger partial charge in [-0.25, -0.2) is 0 Å². The van der Waals surface area contributed by atoms with Gasteiger partial charge in [0.1, 0.15) is 5.56 Å². The summed E-state index contributed by atoms with van der Waals surface area (Å²) in [4.78, 5) is 14.8. The maximum absolute atomic E-state index is 11.0. The van der Waals surface area contributed by atoms with E-state index in [9.17, 15) is 10.1 Å². The second-order valence-corrected chi connectivity index (χ2v) is 4.69. The average Bonchev–Trinajstić information content (AvgIpc) is 2.96. The highest BCUT2D eigenvalue weighted by Gasteiger charge is 2.21. The lowest BCUT2D eigenvalue weighted by Crippen LogP contribution is -2.39. The molecule has 2 aromatic rings. The van der Waals surface area contributed by atoms with Crippen molar-refractivity contribution in [3.63, 3.8) is 0 Å². The van der Waals surface area contributed by atoms with Crippen molar-refractivity contribution in [3.8, 4) is 11.4 Å². The number of ether oxygens (including phenoxy) is 1. The summed E-state index contributed by atoms with van der Waals surface area (Å²) in [5.74, 6) is 0.637. The third-order valence-electron chi connectivity index (χ3n) is 3.22. The van der Waals surface area contributed by atoms with Gasteiger partial charge in [-0.3, -0.25) is 10.1 Å². The smallest absolute Gasteiger partial charge is 0.280 e. The van der Waals surface area contributed by atoms with Gasteiger partial charge in [-0.05, 0) is 6.07 Å². The summed E-state index contributed by atoms with van der Waals surface area (Å²) in [6.45, 7) is 2.21. The second-order valence-electron chi connectivity index (χ2n) is 4.69. The zero-order chi connectivity index (χ0) is 14.7. The van der Waals surface area contributed by atoms with E-state index in [1.807, 2.05) is 0 Å². The normalized spacial score (nSPS) is 18.6. The predicted octanol–water partition coefficient (Wildman–Crippen LogP) is 1.18. The topological polar surface area (TPSA) is 103 Å². The van der Waals surface area contributed by atoms with Crippen LogP contribution >= 0.6 is 0 Å². The molecule has 0 spiro atoms. The third kappa shape index (κ3) is 3.06. The number of nitrogens with one attached hydrogen (secondary N) is 1. The number of hydrogen-bond acceptors (Lipinski definition) is 7. The molecule has 1 N–H and O–H groups in total. The quantitative estimate of drug-likeness (QED) is 0.666. The van der Waals surface area contributed by atoms with Gasteiger partial charge in [0, 0.05) is 19.2 Å². The first-order valence-electron chi connectivity index (χ1n) is 6.63. The molecule has 3 rings (SSSR count). The molecular weight excluding hydrogens is 276 g/mol. The fourth-order valence-electron chi connectivity index (χ4n) is 2.21. The fourth-order valence-corrected chi connectivity index (χ4v) is 2.21. The number of morpholine rings is 1. The highest BCUT2D eigenvalue weighted by atomic mass is 16.6. The number of hydrogen-bond donors (Lipinski definition) is 1. The van der Waals surface area contributed by atoms with Gasteiger partial charge in [-0.1, -0.05) is 17.3 Å². The molecule has 1 aromatic heterocycles. The molecular formula is C13H14N4O4. The number of nitro groups is 1. The van der Waals surface area contributed by atoms with Gasteiger partial charge in [0.25, 0.3) is 5.69 Å². The molecule has 1 fully saturated rings. The lowest BCUT2D eigenvalue weighted by molar-refractivity contribution is -0.384. The van der Waals surface area contributed by atoms with E-state index in [0.29, 0.717) is 24.5 Å². The Kier molecular flexibility index (Phi) is 3.89. The summed E-state index contributed by atoms with van der Waals surface area (Å²) in [7, 11) is 0. The summed E-state index contributed by atoms with van der Waals surface area (Å²) in [6.07, 6.45) is 0.471. The van der Waals surface area contributed by atoms with Gasteiger partial charge < -0.3 is 14.6 Å². The molecule has 0 bridgehead atoms. The van der Waals surface area contributed by atoms with E-state index in [-0.39, 0.29) is 17.6 Å². The monoisotopic (exact) mass is 290 g/mol. The molecule has 2 heterocycles. The maximum Gasteiger partial charge on any atom is 0.280 e. The molecule has 21 heavy (non-hydrogen) atoms. The minimum absolute atomic E-state index is 0.0159. The largest absolute Gasteiger partial charge is 0.375 e. The van der Waals surface area contributed by atoms with Crippen LogP contribution in [0.5, 0.6) is 0 Å². The van der Waals surface area contributed by atoms with Crippen molar-refractivity contribution < 1.29 is 14.2 Å². The van der Waals surface area contributed by atoms with Gasteiger partial charge in [0.15, 0.2) is 0 Å². The Morgan fingerprint density at radius 2 is 2.29 bits per heavy atom. The van der Waals surface area contributed by atoms with E-state index >= 15 is 0 Å². The molecule has 1 aliphatic rings. The maximum atomic E-state index is 11.0. The Labute approximate surface area is 120 Å². The van der Waals surface area contributed by atoms with Crippen LogP contribution in [0.15, 0.2) is 28.8 Å². The number of nitro benzene ring substituents is 1. The average molecular weight is 290 g/mol. The zero-order valence-corrected chi connectivity index (χ0v) is 11.2. The number of aromatic nitrogens is 2. The summed E-state index contributed by atoms with van der Waals surface area (Å²) >= 11 is 0. The molecule has 0 aliphatic carbocycles. The second kappa shape index (κ2) is 5.98. The highest BCUT2D eigenvalue weighted by molar-refractivity contribution is 5.67. The molecule has 1 aromatic carbocycles. The van der Waals surface area contributed by atoms with Crippen LogP contribution in [0.2, 0.25) is 0 Å². The van der Waals surface area contributed by atoms with Gasteiger partial charge >= 0.3 is 0 Å². The first kappa shape index (κ1) is 13.7. The van der Waals surface area contributed by atoms with Crippen LogP contribution in [0, 0.1) is 10.1 Å². The van der Waals surface area contributed by atoms with E-state index in [2.05, 4.69) is 15.5 Å². The van der Waals surface area contributed by atoms with Gasteiger partial charge in [0.2, 0.25) is 11.7 Å². The van der Waals surface area contributed by atoms with Crippen molar-refractivity contribution in [3.05, 3.63) is 40.3 Å². The van der Waals surface area contributed by atoms with E-state index in [1.165, 1.54) is 6.07 Å². The lowest BCUT2D eigenvalue weighted by Gasteiger charge is -2.21. The van der Waals surface area contributed by atoms with Crippen LogP contribution < -0.4 is 5.32 Å². The van der Waals surface area contributed by atoms with Crippen molar-refractivity contribution in [2.75, 3.05) is 19.7 Å². The van der Waals surface area contributed by atoms with Gasteiger partial charge in [-0.15, -0.1) is 0 Å². The molecule has 0 radical (unpaired) electrons. The van der Waals surface area contributed by atoms with Crippen molar-refractivity contribution in [1.82, 2.24) is 15.5 Å². The highest BCUT2D eigenvalue weighted by Crippen LogP contribution is 2.27. The van der Waals surface area contributed by atoms with Crippen LogP contribution in [0.1, 0.15) is 5.89 Å². The van der Waals surface area contributed by atoms with E-state index in [1.54, 1.807) is 18.2 Å². The van der Waals surface area contributed by atoms with Gasteiger partial charge in [0.05, 0.1) is 24.1 Å². The molecule has 8 heteroatoms. The van der Waals surface area contributed by atoms with E-state index in [4.69, 9.17) is 9.26 Å². The first-order valence-corrected chi connectivity index (χ1v) is 6.63. The van der Waals surface area contributed by atoms with Crippen LogP contribution in [0.4, 0.5) is 5.69 Å². The summed E-state index contributed by atoms with van der Waals surface area (Å²) < 4.78 is 10.7.